The summed E-state index contributed by atoms with van der Waals surface area (Å²) in [6.45, 7) is 1.91. The molecule has 1 aromatic carbocycles. The Morgan fingerprint density at radius 2 is 2.14 bits per heavy atom. The number of carbonyl (C=O) groups excluding carboxylic acids is 2. The molecular weight excluding hydrogens is 277 g/mol. The fourth-order valence-electron chi connectivity index (χ4n) is 2.45. The number of cyclic esters (lactones) is 1. The highest BCUT2D eigenvalue weighted by atomic mass is 19.1. The zero-order chi connectivity index (χ0) is 15.4. The second kappa shape index (κ2) is 6.56. The van der Waals surface area contributed by atoms with Gasteiger partial charge in [0.05, 0.1) is 13.7 Å². The number of halogens is 1. The van der Waals surface area contributed by atoms with E-state index in [1.807, 2.05) is 6.92 Å². The first kappa shape index (κ1) is 15.3. The quantitative estimate of drug-likeness (QED) is 0.783. The van der Waals surface area contributed by atoms with Crippen LogP contribution >= 0.6 is 0 Å². The van der Waals surface area contributed by atoms with Gasteiger partial charge in [-0.3, -0.25) is 4.90 Å². The number of hydrogen-bond donors (Lipinski definition) is 0. The number of hydrogen-bond acceptors (Lipinski definition) is 4. The Kier molecular flexibility index (Phi) is 4.77. The summed E-state index contributed by atoms with van der Waals surface area (Å²) in [5.41, 5.74) is 0.334. The van der Waals surface area contributed by atoms with E-state index in [1.165, 1.54) is 18.1 Å². The molecule has 0 aliphatic carbocycles. The fourth-order valence-corrected chi connectivity index (χ4v) is 2.45. The van der Waals surface area contributed by atoms with E-state index in [1.54, 1.807) is 18.2 Å². The fraction of sp³-hybridized carbons (Fsp3) is 0.467. The van der Waals surface area contributed by atoms with Crippen molar-refractivity contribution in [1.29, 1.82) is 0 Å². The van der Waals surface area contributed by atoms with Gasteiger partial charge in [-0.15, -0.1) is 0 Å². The van der Waals surface area contributed by atoms with Crippen LogP contribution in [0.15, 0.2) is 24.3 Å². The molecule has 1 aliphatic rings. The zero-order valence-electron chi connectivity index (χ0n) is 12.0. The average molecular weight is 295 g/mol. The van der Waals surface area contributed by atoms with E-state index in [-0.39, 0.29) is 6.54 Å². The van der Waals surface area contributed by atoms with Crippen LogP contribution in [-0.4, -0.2) is 36.2 Å². The van der Waals surface area contributed by atoms with Crippen LogP contribution in [0.5, 0.6) is 0 Å². The first-order valence-corrected chi connectivity index (χ1v) is 6.87. The summed E-state index contributed by atoms with van der Waals surface area (Å²) in [7, 11) is 1.26. The van der Waals surface area contributed by atoms with Gasteiger partial charge < -0.3 is 9.47 Å². The molecule has 0 radical (unpaired) electrons. The third kappa shape index (κ3) is 3.15. The van der Waals surface area contributed by atoms with E-state index >= 15 is 0 Å². The zero-order valence-corrected chi connectivity index (χ0v) is 12.0. The first-order valence-electron chi connectivity index (χ1n) is 6.87. The van der Waals surface area contributed by atoms with E-state index in [0.29, 0.717) is 12.0 Å². The van der Waals surface area contributed by atoms with Crippen molar-refractivity contribution in [2.24, 2.45) is 0 Å². The summed E-state index contributed by atoms with van der Waals surface area (Å²) in [6.07, 6.45) is 0.145. The molecule has 1 aliphatic heterocycles. The van der Waals surface area contributed by atoms with Gasteiger partial charge in [0.15, 0.2) is 6.04 Å². The van der Waals surface area contributed by atoms with Gasteiger partial charge >= 0.3 is 12.1 Å². The van der Waals surface area contributed by atoms with E-state index in [0.717, 1.165) is 6.42 Å². The predicted octanol–water partition coefficient (Wildman–Crippen LogP) is 2.49. The minimum absolute atomic E-state index is 0.0223. The average Bonchev–Trinajstić information content (AvgIpc) is 2.77. The van der Waals surface area contributed by atoms with Crippen LogP contribution in [-0.2, 0) is 20.8 Å². The topological polar surface area (TPSA) is 55.8 Å². The van der Waals surface area contributed by atoms with Crippen molar-refractivity contribution in [1.82, 2.24) is 4.90 Å². The maximum Gasteiger partial charge on any atom is 0.411 e. The van der Waals surface area contributed by atoms with Gasteiger partial charge in [-0.25, -0.2) is 14.0 Å². The van der Waals surface area contributed by atoms with Crippen molar-refractivity contribution in [3.8, 4) is 0 Å². The van der Waals surface area contributed by atoms with Crippen LogP contribution in [0.25, 0.3) is 0 Å². The van der Waals surface area contributed by atoms with E-state index in [4.69, 9.17) is 9.47 Å². The molecule has 0 unspecified atom stereocenters. The molecule has 114 valence electrons. The molecular formula is C15H18FNO4. The van der Waals surface area contributed by atoms with Gasteiger partial charge in [0.1, 0.15) is 11.9 Å². The molecule has 1 heterocycles. The Labute approximate surface area is 122 Å². The van der Waals surface area contributed by atoms with Gasteiger partial charge in [-0.2, -0.15) is 0 Å². The number of benzene rings is 1. The molecule has 2 rings (SSSR count). The molecule has 5 nitrogen and oxygen atoms in total. The second-order valence-electron chi connectivity index (χ2n) is 4.90. The maximum atomic E-state index is 13.7. The first-order chi connectivity index (χ1) is 10.1. The van der Waals surface area contributed by atoms with Crippen LogP contribution in [0.4, 0.5) is 9.18 Å². The van der Waals surface area contributed by atoms with Gasteiger partial charge in [0.25, 0.3) is 0 Å². The smallest absolute Gasteiger partial charge is 0.411 e. The number of amides is 1. The Balaban J connectivity index is 2.24. The molecule has 1 fully saturated rings. The summed E-state index contributed by atoms with van der Waals surface area (Å²) in [5, 5.41) is 0. The molecule has 0 saturated carbocycles. The van der Waals surface area contributed by atoms with Gasteiger partial charge in [-0.1, -0.05) is 31.5 Å². The van der Waals surface area contributed by atoms with Crippen LogP contribution < -0.4 is 0 Å². The van der Waals surface area contributed by atoms with Crippen LogP contribution in [0, 0.1) is 5.82 Å². The summed E-state index contributed by atoms with van der Waals surface area (Å²) in [6, 6.07) is 5.30. The van der Waals surface area contributed by atoms with Gasteiger partial charge in [0, 0.05) is 5.56 Å². The molecule has 1 aromatic rings. The van der Waals surface area contributed by atoms with Crippen molar-refractivity contribution in [3.05, 3.63) is 35.6 Å². The predicted molar refractivity (Wildman–Crippen MR) is 72.9 cm³/mol. The van der Waals surface area contributed by atoms with Crippen LogP contribution in [0.2, 0.25) is 0 Å². The Hall–Kier alpha value is -2.11. The molecule has 21 heavy (non-hydrogen) atoms. The lowest BCUT2D eigenvalue weighted by molar-refractivity contribution is -0.146. The lowest BCUT2D eigenvalue weighted by Gasteiger charge is -2.22. The van der Waals surface area contributed by atoms with Crippen molar-refractivity contribution >= 4 is 12.1 Å². The molecule has 0 spiro atoms. The van der Waals surface area contributed by atoms with E-state index < -0.39 is 30.0 Å². The Morgan fingerprint density at radius 3 is 2.76 bits per heavy atom. The van der Waals surface area contributed by atoms with Crippen molar-refractivity contribution in [2.75, 3.05) is 7.11 Å². The second-order valence-corrected chi connectivity index (χ2v) is 4.90. The number of rotatable bonds is 5. The normalized spacial score (nSPS) is 21.3. The number of ether oxygens (including phenoxy) is 2. The molecule has 0 aromatic heterocycles. The van der Waals surface area contributed by atoms with Gasteiger partial charge in [-0.05, 0) is 12.5 Å². The highest BCUT2D eigenvalue weighted by Crippen LogP contribution is 2.26. The summed E-state index contributed by atoms with van der Waals surface area (Å²) >= 11 is 0. The lowest BCUT2D eigenvalue weighted by Crippen LogP contribution is -2.43. The minimum Gasteiger partial charge on any atom is -0.467 e. The molecule has 6 heteroatoms. The SMILES string of the molecule is CCC[C@@H]1OC(=O)N(Cc2ccccc2F)[C@H]1C(=O)OC. The lowest BCUT2D eigenvalue weighted by atomic mass is 10.1. The maximum absolute atomic E-state index is 13.7. The molecule has 0 bridgehead atoms. The molecule has 1 amide bonds. The Morgan fingerprint density at radius 1 is 1.43 bits per heavy atom. The van der Waals surface area contributed by atoms with E-state index in [9.17, 15) is 14.0 Å². The highest BCUT2D eigenvalue weighted by molar-refractivity contribution is 5.85. The minimum atomic E-state index is -0.831. The third-order valence-electron chi connectivity index (χ3n) is 3.49. The largest absolute Gasteiger partial charge is 0.467 e. The van der Waals surface area contributed by atoms with Crippen molar-refractivity contribution in [3.63, 3.8) is 0 Å². The van der Waals surface area contributed by atoms with Crippen LogP contribution in [0.3, 0.4) is 0 Å². The standard InChI is InChI=1S/C15H18FNO4/c1-3-6-12-13(14(18)20-2)17(15(19)21-12)9-10-7-4-5-8-11(10)16/h4-5,7-8,12-13H,3,6,9H2,1-2H3/t12-,13+/m0/s1. The van der Waals surface area contributed by atoms with Crippen LogP contribution in [0.1, 0.15) is 25.3 Å². The number of esters is 1. The summed E-state index contributed by atoms with van der Waals surface area (Å²) in [5.74, 6) is -0.969. The van der Waals surface area contributed by atoms with Crippen molar-refractivity contribution < 1.29 is 23.5 Å². The monoisotopic (exact) mass is 295 g/mol. The third-order valence-corrected chi connectivity index (χ3v) is 3.49. The molecule has 0 N–H and O–H groups in total. The number of carbonyl (C=O) groups is 2. The number of nitrogens with zero attached hydrogens (tertiary/aromatic N) is 1. The molecule has 2 atom stereocenters. The summed E-state index contributed by atoms with van der Waals surface area (Å²) in [4.78, 5) is 25.1. The summed E-state index contributed by atoms with van der Waals surface area (Å²) < 4.78 is 23.7. The van der Waals surface area contributed by atoms with Gasteiger partial charge in [0.2, 0.25) is 0 Å². The van der Waals surface area contributed by atoms with E-state index in [2.05, 4.69) is 0 Å². The highest BCUT2D eigenvalue weighted by Gasteiger charge is 2.46. The molecule has 1 saturated heterocycles. The Bertz CT molecular complexity index is 534. The number of methoxy groups -OCH3 is 1. The van der Waals surface area contributed by atoms with Crippen molar-refractivity contribution in [2.45, 2.75) is 38.5 Å².